The van der Waals surface area contributed by atoms with Gasteiger partial charge in [-0.3, -0.25) is 4.90 Å². The van der Waals surface area contributed by atoms with E-state index in [0.717, 1.165) is 19.4 Å². The summed E-state index contributed by atoms with van der Waals surface area (Å²) in [6.45, 7) is 2.74. The van der Waals surface area contributed by atoms with Gasteiger partial charge in [-0.1, -0.05) is 37.3 Å². The average Bonchev–Trinajstić information content (AvgIpc) is 2.39. The molecule has 1 aromatic carbocycles. The Bertz CT molecular complexity index is 341. The lowest BCUT2D eigenvalue weighted by atomic mass is 9.93. The zero-order chi connectivity index (χ0) is 12.3. The largest absolute Gasteiger partial charge is 0.393 e. The number of piperidine rings is 1. The van der Waals surface area contributed by atoms with Crippen molar-refractivity contribution in [1.29, 1.82) is 0 Å². The molecule has 1 aliphatic heterocycles. The Kier molecular flexibility index (Phi) is 4.15. The van der Waals surface area contributed by atoms with Crippen LogP contribution in [0.2, 0.25) is 0 Å². The molecule has 0 radical (unpaired) electrons. The van der Waals surface area contributed by atoms with Crippen molar-refractivity contribution in [3.63, 3.8) is 0 Å². The molecule has 0 spiro atoms. The first kappa shape index (κ1) is 12.6. The van der Waals surface area contributed by atoms with Crippen LogP contribution >= 0.6 is 0 Å². The van der Waals surface area contributed by atoms with Gasteiger partial charge in [-0.25, -0.2) is 0 Å². The van der Waals surface area contributed by atoms with Gasteiger partial charge >= 0.3 is 0 Å². The van der Waals surface area contributed by atoms with Crippen molar-refractivity contribution in [2.45, 2.75) is 44.6 Å². The lowest BCUT2D eigenvalue weighted by molar-refractivity contribution is -0.0688. The van der Waals surface area contributed by atoms with Crippen LogP contribution in [0, 0.1) is 0 Å². The number of rotatable bonds is 3. The number of nitrogens with zero attached hydrogens (tertiary/aromatic N) is 1. The van der Waals surface area contributed by atoms with Crippen molar-refractivity contribution in [3.05, 3.63) is 35.9 Å². The first-order valence-electron chi connectivity index (χ1n) is 6.39. The van der Waals surface area contributed by atoms with Gasteiger partial charge in [-0.15, -0.1) is 0 Å². The van der Waals surface area contributed by atoms with E-state index in [0.29, 0.717) is 6.42 Å². The van der Waals surface area contributed by atoms with Crippen LogP contribution in [0.15, 0.2) is 30.3 Å². The molecule has 0 bridgehead atoms. The van der Waals surface area contributed by atoms with Gasteiger partial charge in [-0.2, -0.15) is 0 Å². The minimum absolute atomic E-state index is 0.134. The molecular formula is C14H21NO2. The molecule has 3 nitrogen and oxygen atoms in total. The molecule has 3 atom stereocenters. The highest BCUT2D eigenvalue weighted by Crippen LogP contribution is 2.32. The summed E-state index contributed by atoms with van der Waals surface area (Å²) in [7, 11) is 0. The molecule has 1 saturated heterocycles. The molecule has 1 aromatic rings. The second-order valence-electron chi connectivity index (χ2n) is 4.73. The standard InChI is InChI=1S/C14H21NO2/c1-2-14(17)15-9-8-12(16)10-13(15)11-6-4-3-5-7-11/h3-7,12-14,16-17H,2,8-10H2,1H3. The van der Waals surface area contributed by atoms with Crippen LogP contribution in [0.5, 0.6) is 0 Å². The van der Waals surface area contributed by atoms with Crippen LogP contribution in [0.25, 0.3) is 0 Å². The molecule has 0 aliphatic carbocycles. The molecule has 94 valence electrons. The fourth-order valence-electron chi connectivity index (χ4n) is 2.56. The highest BCUT2D eigenvalue weighted by atomic mass is 16.3. The molecule has 1 fully saturated rings. The summed E-state index contributed by atoms with van der Waals surface area (Å²) in [5, 5.41) is 19.8. The molecule has 3 heteroatoms. The van der Waals surface area contributed by atoms with Crippen LogP contribution in [-0.2, 0) is 0 Å². The predicted molar refractivity (Wildman–Crippen MR) is 67.4 cm³/mol. The number of likely N-dealkylation sites (tertiary alicyclic amines) is 1. The lowest BCUT2D eigenvalue weighted by Crippen LogP contribution is -2.44. The predicted octanol–water partition coefficient (Wildman–Crippen LogP) is 1.91. The second-order valence-corrected chi connectivity index (χ2v) is 4.73. The zero-order valence-corrected chi connectivity index (χ0v) is 10.3. The van der Waals surface area contributed by atoms with Gasteiger partial charge in [0.1, 0.15) is 6.23 Å². The van der Waals surface area contributed by atoms with Gasteiger partial charge in [0.05, 0.1) is 6.10 Å². The van der Waals surface area contributed by atoms with Crippen molar-refractivity contribution in [2.75, 3.05) is 6.54 Å². The number of benzene rings is 1. The molecule has 0 saturated carbocycles. The van der Waals surface area contributed by atoms with Gasteiger partial charge in [0.2, 0.25) is 0 Å². The van der Waals surface area contributed by atoms with Crippen LogP contribution in [0.1, 0.15) is 37.8 Å². The Hall–Kier alpha value is -0.900. The molecule has 0 amide bonds. The van der Waals surface area contributed by atoms with Crippen molar-refractivity contribution in [2.24, 2.45) is 0 Å². The number of hydrogen-bond donors (Lipinski definition) is 2. The van der Waals surface area contributed by atoms with Crippen LogP contribution < -0.4 is 0 Å². The fraction of sp³-hybridized carbons (Fsp3) is 0.571. The average molecular weight is 235 g/mol. The third-order valence-corrected chi connectivity index (χ3v) is 3.55. The number of aliphatic hydroxyl groups is 2. The van der Waals surface area contributed by atoms with E-state index in [4.69, 9.17) is 0 Å². The van der Waals surface area contributed by atoms with Crippen molar-refractivity contribution in [3.8, 4) is 0 Å². The Morgan fingerprint density at radius 1 is 1.35 bits per heavy atom. The highest BCUT2D eigenvalue weighted by Gasteiger charge is 2.31. The monoisotopic (exact) mass is 235 g/mol. The van der Waals surface area contributed by atoms with Crippen molar-refractivity contribution < 1.29 is 10.2 Å². The maximum Gasteiger partial charge on any atom is 0.107 e. The Morgan fingerprint density at radius 2 is 2.06 bits per heavy atom. The number of aliphatic hydroxyl groups excluding tert-OH is 2. The molecule has 17 heavy (non-hydrogen) atoms. The number of hydrogen-bond acceptors (Lipinski definition) is 3. The van der Waals surface area contributed by atoms with Gasteiger partial charge in [-0.05, 0) is 24.8 Å². The summed E-state index contributed by atoms with van der Waals surface area (Å²) in [5.74, 6) is 0. The van der Waals surface area contributed by atoms with E-state index in [1.165, 1.54) is 5.56 Å². The minimum atomic E-state index is -0.410. The molecule has 1 aliphatic rings. The van der Waals surface area contributed by atoms with Crippen LogP contribution in [0.4, 0.5) is 0 Å². The minimum Gasteiger partial charge on any atom is -0.393 e. The SMILES string of the molecule is CCC(O)N1CCC(O)CC1c1ccccc1. The summed E-state index contributed by atoms with van der Waals surface area (Å²) < 4.78 is 0. The smallest absolute Gasteiger partial charge is 0.107 e. The quantitative estimate of drug-likeness (QED) is 0.841. The summed E-state index contributed by atoms with van der Waals surface area (Å²) >= 11 is 0. The first-order chi connectivity index (χ1) is 8.22. The third kappa shape index (κ3) is 2.86. The molecule has 1 heterocycles. The van der Waals surface area contributed by atoms with Gasteiger partial charge in [0.15, 0.2) is 0 Å². The summed E-state index contributed by atoms with van der Waals surface area (Å²) in [6, 6.07) is 10.3. The van der Waals surface area contributed by atoms with E-state index in [1.807, 2.05) is 25.1 Å². The van der Waals surface area contributed by atoms with E-state index >= 15 is 0 Å². The zero-order valence-electron chi connectivity index (χ0n) is 10.3. The van der Waals surface area contributed by atoms with E-state index in [1.54, 1.807) is 0 Å². The normalized spacial score (nSPS) is 27.9. The van der Waals surface area contributed by atoms with E-state index < -0.39 is 6.23 Å². The second kappa shape index (κ2) is 5.63. The summed E-state index contributed by atoms with van der Waals surface area (Å²) in [4.78, 5) is 2.10. The summed E-state index contributed by atoms with van der Waals surface area (Å²) in [5.41, 5.74) is 1.18. The van der Waals surface area contributed by atoms with Gasteiger partial charge in [0, 0.05) is 12.6 Å². The summed E-state index contributed by atoms with van der Waals surface area (Å²) in [6.07, 6.45) is 1.52. The molecule has 0 aromatic heterocycles. The highest BCUT2D eigenvalue weighted by molar-refractivity contribution is 5.20. The fourth-order valence-corrected chi connectivity index (χ4v) is 2.56. The van der Waals surface area contributed by atoms with E-state index in [9.17, 15) is 10.2 Å². The Morgan fingerprint density at radius 3 is 2.71 bits per heavy atom. The molecular weight excluding hydrogens is 214 g/mol. The van der Waals surface area contributed by atoms with E-state index in [2.05, 4.69) is 17.0 Å². The maximum absolute atomic E-state index is 10.0. The van der Waals surface area contributed by atoms with Gasteiger partial charge < -0.3 is 10.2 Å². The van der Waals surface area contributed by atoms with E-state index in [-0.39, 0.29) is 12.1 Å². The maximum atomic E-state index is 10.0. The van der Waals surface area contributed by atoms with Crippen LogP contribution in [0.3, 0.4) is 0 Å². The molecule has 2 N–H and O–H groups in total. The molecule has 3 unspecified atom stereocenters. The Labute approximate surface area is 103 Å². The van der Waals surface area contributed by atoms with Crippen LogP contribution in [-0.4, -0.2) is 34.0 Å². The topological polar surface area (TPSA) is 43.7 Å². The van der Waals surface area contributed by atoms with Crippen molar-refractivity contribution >= 4 is 0 Å². The lowest BCUT2D eigenvalue weighted by Gasteiger charge is -2.40. The third-order valence-electron chi connectivity index (χ3n) is 3.55. The van der Waals surface area contributed by atoms with Gasteiger partial charge in [0.25, 0.3) is 0 Å². The first-order valence-corrected chi connectivity index (χ1v) is 6.39. The molecule has 2 rings (SSSR count). The Balaban J connectivity index is 2.20. The van der Waals surface area contributed by atoms with Crippen molar-refractivity contribution in [1.82, 2.24) is 4.90 Å².